The minimum absolute atomic E-state index is 1.00. The van der Waals surface area contributed by atoms with Crippen molar-refractivity contribution in [2.45, 2.75) is 0 Å². The number of hydrogen-bond acceptors (Lipinski definition) is 4. The van der Waals surface area contributed by atoms with Gasteiger partial charge in [-0.05, 0) is 31.3 Å². The maximum atomic E-state index is 4.49. The Kier molecular flexibility index (Phi) is 3.42. The third kappa shape index (κ3) is 2.74. The summed E-state index contributed by atoms with van der Waals surface area (Å²) >= 11 is 0. The van der Waals surface area contributed by atoms with E-state index in [4.69, 9.17) is 0 Å². The van der Waals surface area contributed by atoms with Crippen LogP contribution in [0.1, 0.15) is 0 Å². The first-order chi connectivity index (χ1) is 9.33. The van der Waals surface area contributed by atoms with Crippen LogP contribution in [0.4, 0.5) is 5.82 Å². The zero-order chi connectivity index (χ0) is 13.1. The number of anilines is 1. The van der Waals surface area contributed by atoms with Crippen molar-refractivity contribution in [2.24, 2.45) is 0 Å². The SMILES string of the molecule is CN1CCN(c2cc(-c3ccccn3)ccn2)CC1. The van der Waals surface area contributed by atoms with Gasteiger partial charge in [-0.15, -0.1) is 0 Å². The molecular formula is C15H18N4. The molecule has 1 fully saturated rings. The Bertz CT molecular complexity index is 533. The van der Waals surface area contributed by atoms with Gasteiger partial charge in [0.05, 0.1) is 5.69 Å². The van der Waals surface area contributed by atoms with Crippen molar-refractivity contribution in [1.29, 1.82) is 0 Å². The molecule has 3 rings (SSSR count). The zero-order valence-corrected chi connectivity index (χ0v) is 11.2. The smallest absolute Gasteiger partial charge is 0.129 e. The third-order valence-electron chi connectivity index (χ3n) is 3.53. The molecule has 0 aliphatic carbocycles. The minimum Gasteiger partial charge on any atom is -0.354 e. The molecule has 0 saturated carbocycles. The Morgan fingerprint density at radius 3 is 2.53 bits per heavy atom. The van der Waals surface area contributed by atoms with Crippen LogP contribution in [0.2, 0.25) is 0 Å². The number of rotatable bonds is 2. The van der Waals surface area contributed by atoms with E-state index in [1.807, 2.05) is 36.7 Å². The molecule has 0 N–H and O–H groups in total. The number of likely N-dealkylation sites (N-methyl/N-ethyl adjacent to an activating group) is 1. The van der Waals surface area contributed by atoms with E-state index in [1.165, 1.54) is 0 Å². The van der Waals surface area contributed by atoms with Crippen molar-refractivity contribution >= 4 is 5.82 Å². The molecule has 4 nitrogen and oxygen atoms in total. The second-order valence-electron chi connectivity index (χ2n) is 4.91. The summed E-state index contributed by atoms with van der Waals surface area (Å²) in [7, 11) is 2.16. The maximum Gasteiger partial charge on any atom is 0.129 e. The molecule has 0 bridgehead atoms. The highest BCUT2D eigenvalue weighted by molar-refractivity contribution is 5.63. The number of pyridine rings is 2. The number of piperazine rings is 1. The lowest BCUT2D eigenvalue weighted by Gasteiger charge is -2.33. The maximum absolute atomic E-state index is 4.49. The molecule has 0 amide bonds. The van der Waals surface area contributed by atoms with Gasteiger partial charge in [0.2, 0.25) is 0 Å². The van der Waals surface area contributed by atoms with Crippen molar-refractivity contribution in [3.05, 3.63) is 42.7 Å². The molecule has 0 radical (unpaired) electrons. The van der Waals surface area contributed by atoms with Gasteiger partial charge in [0.15, 0.2) is 0 Å². The summed E-state index contributed by atoms with van der Waals surface area (Å²) in [5.41, 5.74) is 2.13. The average Bonchev–Trinajstić information content (AvgIpc) is 2.49. The Labute approximate surface area is 113 Å². The lowest BCUT2D eigenvalue weighted by Crippen LogP contribution is -2.44. The average molecular weight is 254 g/mol. The molecule has 98 valence electrons. The molecule has 3 heterocycles. The summed E-state index contributed by atoms with van der Waals surface area (Å²) < 4.78 is 0. The topological polar surface area (TPSA) is 32.3 Å². The third-order valence-corrected chi connectivity index (χ3v) is 3.53. The van der Waals surface area contributed by atoms with E-state index in [9.17, 15) is 0 Å². The van der Waals surface area contributed by atoms with E-state index in [-0.39, 0.29) is 0 Å². The molecule has 1 aliphatic rings. The largest absolute Gasteiger partial charge is 0.354 e. The van der Waals surface area contributed by atoms with Crippen molar-refractivity contribution in [2.75, 3.05) is 38.1 Å². The van der Waals surface area contributed by atoms with Gasteiger partial charge in [-0.1, -0.05) is 6.07 Å². The molecule has 2 aromatic rings. The first kappa shape index (κ1) is 12.1. The Hall–Kier alpha value is -1.94. The van der Waals surface area contributed by atoms with Crippen molar-refractivity contribution in [3.8, 4) is 11.3 Å². The van der Waals surface area contributed by atoms with E-state index in [1.54, 1.807) is 0 Å². The fourth-order valence-electron chi connectivity index (χ4n) is 2.32. The second-order valence-corrected chi connectivity index (χ2v) is 4.91. The van der Waals surface area contributed by atoms with Crippen LogP contribution in [-0.2, 0) is 0 Å². The van der Waals surface area contributed by atoms with Crippen molar-refractivity contribution < 1.29 is 0 Å². The van der Waals surface area contributed by atoms with Crippen LogP contribution in [0, 0.1) is 0 Å². The van der Waals surface area contributed by atoms with E-state index in [2.05, 4.69) is 32.9 Å². The highest BCUT2D eigenvalue weighted by Gasteiger charge is 2.15. The second kappa shape index (κ2) is 5.36. The lowest BCUT2D eigenvalue weighted by molar-refractivity contribution is 0.312. The van der Waals surface area contributed by atoms with Crippen LogP contribution >= 0.6 is 0 Å². The van der Waals surface area contributed by atoms with Crippen LogP contribution < -0.4 is 4.90 Å². The summed E-state index contributed by atoms with van der Waals surface area (Å²) in [6, 6.07) is 10.1. The van der Waals surface area contributed by atoms with Crippen LogP contribution in [0.25, 0.3) is 11.3 Å². The van der Waals surface area contributed by atoms with Crippen LogP contribution in [0.15, 0.2) is 42.7 Å². The normalized spacial score (nSPS) is 16.6. The molecule has 1 saturated heterocycles. The molecule has 19 heavy (non-hydrogen) atoms. The van der Waals surface area contributed by atoms with Gasteiger partial charge in [-0.2, -0.15) is 0 Å². The van der Waals surface area contributed by atoms with Gasteiger partial charge < -0.3 is 9.80 Å². The molecule has 2 aromatic heterocycles. The predicted octanol–water partition coefficient (Wildman–Crippen LogP) is 1.90. The van der Waals surface area contributed by atoms with Crippen LogP contribution in [-0.4, -0.2) is 48.1 Å². The van der Waals surface area contributed by atoms with E-state index in [0.717, 1.165) is 43.3 Å². The Morgan fingerprint density at radius 1 is 0.947 bits per heavy atom. The van der Waals surface area contributed by atoms with Gasteiger partial charge >= 0.3 is 0 Å². The van der Waals surface area contributed by atoms with Crippen molar-refractivity contribution in [3.63, 3.8) is 0 Å². The van der Waals surface area contributed by atoms with E-state index >= 15 is 0 Å². The molecule has 0 unspecified atom stereocenters. The zero-order valence-electron chi connectivity index (χ0n) is 11.2. The fourth-order valence-corrected chi connectivity index (χ4v) is 2.32. The standard InChI is InChI=1S/C15H18N4/c1-18-8-10-19(11-9-18)15-12-13(5-7-17-15)14-4-2-3-6-16-14/h2-7,12H,8-11H2,1H3. The first-order valence-electron chi connectivity index (χ1n) is 6.64. The molecule has 0 atom stereocenters. The molecular weight excluding hydrogens is 236 g/mol. The summed E-state index contributed by atoms with van der Waals surface area (Å²) in [6.45, 7) is 4.26. The van der Waals surface area contributed by atoms with Crippen LogP contribution in [0.5, 0.6) is 0 Å². The van der Waals surface area contributed by atoms with Gasteiger partial charge in [0.25, 0.3) is 0 Å². The summed E-state index contributed by atoms with van der Waals surface area (Å²) in [4.78, 5) is 13.6. The van der Waals surface area contributed by atoms with Gasteiger partial charge in [-0.25, -0.2) is 4.98 Å². The van der Waals surface area contributed by atoms with Crippen molar-refractivity contribution in [1.82, 2.24) is 14.9 Å². The predicted molar refractivity (Wildman–Crippen MR) is 77.2 cm³/mol. The number of aromatic nitrogens is 2. The van der Waals surface area contributed by atoms with E-state index < -0.39 is 0 Å². The molecule has 0 spiro atoms. The molecule has 0 aromatic carbocycles. The highest BCUT2D eigenvalue weighted by Crippen LogP contribution is 2.21. The quantitative estimate of drug-likeness (QED) is 0.819. The van der Waals surface area contributed by atoms with Crippen LogP contribution in [0.3, 0.4) is 0 Å². The van der Waals surface area contributed by atoms with Gasteiger partial charge in [0.1, 0.15) is 5.82 Å². The van der Waals surface area contributed by atoms with Gasteiger partial charge in [-0.3, -0.25) is 4.98 Å². The van der Waals surface area contributed by atoms with E-state index in [0.29, 0.717) is 0 Å². The minimum atomic E-state index is 1.00. The van der Waals surface area contributed by atoms with Gasteiger partial charge in [0, 0.05) is 44.1 Å². The molecule has 1 aliphatic heterocycles. The lowest BCUT2D eigenvalue weighted by atomic mass is 10.1. The monoisotopic (exact) mass is 254 g/mol. The Morgan fingerprint density at radius 2 is 1.79 bits per heavy atom. The Balaban J connectivity index is 1.84. The first-order valence-corrected chi connectivity index (χ1v) is 6.64. The molecule has 4 heteroatoms. The summed E-state index contributed by atoms with van der Waals surface area (Å²) in [5.74, 6) is 1.05. The summed E-state index contributed by atoms with van der Waals surface area (Å²) in [5, 5.41) is 0. The summed E-state index contributed by atoms with van der Waals surface area (Å²) in [6.07, 6.45) is 3.70. The highest BCUT2D eigenvalue weighted by atomic mass is 15.3. The number of nitrogens with zero attached hydrogens (tertiary/aromatic N) is 4. The fraction of sp³-hybridized carbons (Fsp3) is 0.333. The number of hydrogen-bond donors (Lipinski definition) is 0.